The fourth-order valence-corrected chi connectivity index (χ4v) is 3.85. The highest BCUT2D eigenvalue weighted by atomic mass is 15.3. The first-order valence-electron chi connectivity index (χ1n) is 7.33. The van der Waals surface area contributed by atoms with Gasteiger partial charge in [0.2, 0.25) is 0 Å². The Morgan fingerprint density at radius 2 is 1.88 bits per heavy atom. The minimum atomic E-state index is 0.735. The average Bonchev–Trinajstić information content (AvgIpc) is 2.78. The van der Waals surface area contributed by atoms with Gasteiger partial charge in [0.15, 0.2) is 0 Å². The first-order chi connectivity index (χ1) is 8.22. The van der Waals surface area contributed by atoms with Crippen LogP contribution in [0.25, 0.3) is 0 Å². The molecule has 1 N–H and O–H groups in total. The normalized spacial score (nSPS) is 33.4. The Balaban J connectivity index is 2.00. The zero-order valence-electron chi connectivity index (χ0n) is 11.8. The van der Waals surface area contributed by atoms with Gasteiger partial charge in [-0.05, 0) is 46.8 Å². The monoisotopic (exact) mass is 239 g/mol. The van der Waals surface area contributed by atoms with Gasteiger partial charge in [-0.25, -0.2) is 0 Å². The van der Waals surface area contributed by atoms with Crippen LogP contribution in [0.5, 0.6) is 0 Å². The summed E-state index contributed by atoms with van der Waals surface area (Å²) in [5.74, 6) is 0. The molecule has 2 rings (SSSR count). The van der Waals surface area contributed by atoms with E-state index >= 15 is 0 Å². The third-order valence-corrected chi connectivity index (χ3v) is 4.50. The summed E-state index contributed by atoms with van der Waals surface area (Å²) < 4.78 is 0. The molecular weight excluding hydrogens is 210 g/mol. The van der Waals surface area contributed by atoms with Crippen LogP contribution in [-0.2, 0) is 0 Å². The van der Waals surface area contributed by atoms with Crippen molar-refractivity contribution in [3.05, 3.63) is 0 Å². The molecule has 0 aromatic heterocycles. The Labute approximate surface area is 107 Å². The van der Waals surface area contributed by atoms with Crippen molar-refractivity contribution >= 4 is 0 Å². The third-order valence-electron chi connectivity index (χ3n) is 4.50. The highest BCUT2D eigenvalue weighted by Crippen LogP contribution is 2.30. The van der Waals surface area contributed by atoms with E-state index in [0.717, 1.165) is 24.7 Å². The summed E-state index contributed by atoms with van der Waals surface area (Å²) in [6.07, 6.45) is 7.06. The van der Waals surface area contributed by atoms with Gasteiger partial charge in [0, 0.05) is 31.2 Å². The molecule has 17 heavy (non-hydrogen) atoms. The summed E-state index contributed by atoms with van der Waals surface area (Å²) >= 11 is 0. The van der Waals surface area contributed by atoms with E-state index in [1.165, 1.54) is 45.2 Å². The Morgan fingerprint density at radius 3 is 2.53 bits per heavy atom. The summed E-state index contributed by atoms with van der Waals surface area (Å²) in [6.45, 7) is 6.06. The molecule has 2 fully saturated rings. The van der Waals surface area contributed by atoms with E-state index in [1.54, 1.807) is 0 Å². The molecule has 2 atom stereocenters. The quantitative estimate of drug-likeness (QED) is 0.803. The van der Waals surface area contributed by atoms with Crippen molar-refractivity contribution in [3.63, 3.8) is 0 Å². The smallest absolute Gasteiger partial charge is 0.0241 e. The minimum Gasteiger partial charge on any atom is -0.320 e. The van der Waals surface area contributed by atoms with Gasteiger partial charge in [0.25, 0.3) is 0 Å². The van der Waals surface area contributed by atoms with E-state index in [2.05, 4.69) is 36.1 Å². The predicted molar refractivity (Wildman–Crippen MR) is 73.4 cm³/mol. The summed E-state index contributed by atoms with van der Waals surface area (Å²) in [6, 6.07) is 2.37. The van der Waals surface area contributed by atoms with Crippen LogP contribution in [-0.4, -0.2) is 61.7 Å². The van der Waals surface area contributed by atoms with Crippen LogP contribution in [0.4, 0.5) is 0 Å². The maximum absolute atomic E-state index is 3.31. The lowest BCUT2D eigenvalue weighted by Gasteiger charge is -2.48. The summed E-state index contributed by atoms with van der Waals surface area (Å²) in [5.41, 5.74) is 0. The number of rotatable bonds is 4. The van der Waals surface area contributed by atoms with E-state index in [4.69, 9.17) is 0 Å². The fraction of sp³-hybridized carbons (Fsp3) is 1.00. The number of hydrogen-bond donors (Lipinski definition) is 1. The maximum Gasteiger partial charge on any atom is 0.0241 e. The molecule has 1 heterocycles. The number of nitrogens with zero attached hydrogens (tertiary/aromatic N) is 2. The summed E-state index contributed by atoms with van der Waals surface area (Å²) in [4.78, 5) is 5.36. The molecule has 0 bridgehead atoms. The van der Waals surface area contributed by atoms with Crippen molar-refractivity contribution in [1.82, 2.24) is 15.1 Å². The molecule has 2 unspecified atom stereocenters. The van der Waals surface area contributed by atoms with Crippen molar-refractivity contribution in [2.75, 3.05) is 33.7 Å². The SMILES string of the molecule is CNCCC1CN(C)CC(C)N1C1CCCC1. The third kappa shape index (κ3) is 3.21. The highest BCUT2D eigenvalue weighted by molar-refractivity contribution is 4.92. The van der Waals surface area contributed by atoms with Gasteiger partial charge in [-0.1, -0.05) is 12.8 Å². The molecule has 1 aliphatic carbocycles. The minimum absolute atomic E-state index is 0.735. The van der Waals surface area contributed by atoms with E-state index < -0.39 is 0 Å². The maximum atomic E-state index is 3.31. The second-order valence-corrected chi connectivity index (χ2v) is 6.00. The number of hydrogen-bond acceptors (Lipinski definition) is 3. The molecule has 0 radical (unpaired) electrons. The Morgan fingerprint density at radius 1 is 1.18 bits per heavy atom. The Kier molecular flexibility index (Phi) is 4.83. The first kappa shape index (κ1) is 13.3. The molecule has 1 saturated heterocycles. The lowest BCUT2D eigenvalue weighted by atomic mass is 10.00. The zero-order chi connectivity index (χ0) is 12.3. The van der Waals surface area contributed by atoms with Crippen molar-refractivity contribution < 1.29 is 0 Å². The van der Waals surface area contributed by atoms with Gasteiger partial charge < -0.3 is 10.2 Å². The largest absolute Gasteiger partial charge is 0.320 e. The number of likely N-dealkylation sites (N-methyl/N-ethyl adjacent to an activating group) is 1. The van der Waals surface area contributed by atoms with Gasteiger partial charge in [-0.15, -0.1) is 0 Å². The van der Waals surface area contributed by atoms with Gasteiger partial charge in [0.1, 0.15) is 0 Å². The lowest BCUT2D eigenvalue weighted by molar-refractivity contribution is 0.00715. The lowest BCUT2D eigenvalue weighted by Crippen LogP contribution is -2.59. The second-order valence-electron chi connectivity index (χ2n) is 6.00. The molecule has 3 heteroatoms. The van der Waals surface area contributed by atoms with Gasteiger partial charge in [0.05, 0.1) is 0 Å². The summed E-state index contributed by atoms with van der Waals surface area (Å²) in [5, 5.41) is 3.31. The molecule has 3 nitrogen and oxygen atoms in total. The molecule has 2 aliphatic rings. The topological polar surface area (TPSA) is 18.5 Å². The van der Waals surface area contributed by atoms with E-state index in [1.807, 2.05) is 0 Å². The number of piperazine rings is 1. The van der Waals surface area contributed by atoms with Crippen LogP contribution in [0.2, 0.25) is 0 Å². The van der Waals surface area contributed by atoms with Crippen molar-refractivity contribution in [2.45, 2.75) is 57.2 Å². The van der Waals surface area contributed by atoms with Gasteiger partial charge in [-0.3, -0.25) is 4.90 Å². The Hall–Kier alpha value is -0.120. The van der Waals surface area contributed by atoms with Gasteiger partial charge >= 0.3 is 0 Å². The van der Waals surface area contributed by atoms with Crippen LogP contribution in [0, 0.1) is 0 Å². The average molecular weight is 239 g/mol. The summed E-state index contributed by atoms with van der Waals surface area (Å²) in [7, 11) is 4.34. The van der Waals surface area contributed by atoms with Crippen LogP contribution in [0.1, 0.15) is 39.0 Å². The fourth-order valence-electron chi connectivity index (χ4n) is 3.85. The molecule has 0 aromatic carbocycles. The molecule has 0 aromatic rings. The zero-order valence-corrected chi connectivity index (χ0v) is 11.8. The van der Waals surface area contributed by atoms with E-state index in [0.29, 0.717) is 0 Å². The van der Waals surface area contributed by atoms with Crippen molar-refractivity contribution in [1.29, 1.82) is 0 Å². The molecule has 0 amide bonds. The van der Waals surface area contributed by atoms with Crippen molar-refractivity contribution in [3.8, 4) is 0 Å². The van der Waals surface area contributed by atoms with E-state index in [-0.39, 0.29) is 0 Å². The van der Waals surface area contributed by atoms with Crippen LogP contribution < -0.4 is 5.32 Å². The molecule has 0 spiro atoms. The molecule has 1 saturated carbocycles. The van der Waals surface area contributed by atoms with Crippen LogP contribution >= 0.6 is 0 Å². The van der Waals surface area contributed by atoms with Crippen LogP contribution in [0.3, 0.4) is 0 Å². The van der Waals surface area contributed by atoms with E-state index in [9.17, 15) is 0 Å². The second kappa shape index (κ2) is 6.17. The van der Waals surface area contributed by atoms with Crippen LogP contribution in [0.15, 0.2) is 0 Å². The molecule has 100 valence electrons. The molecular formula is C14H29N3. The predicted octanol–water partition coefficient (Wildman–Crippen LogP) is 1.54. The first-order valence-corrected chi connectivity index (χ1v) is 7.33. The molecule has 1 aliphatic heterocycles. The standard InChI is InChI=1S/C14H29N3/c1-12-10-16(3)11-14(8-9-15-2)17(12)13-6-4-5-7-13/h12-15H,4-11H2,1-3H3. The highest BCUT2D eigenvalue weighted by Gasteiger charge is 2.35. The Bertz CT molecular complexity index is 226. The number of nitrogens with one attached hydrogen (secondary N) is 1. The van der Waals surface area contributed by atoms with Crippen molar-refractivity contribution in [2.24, 2.45) is 0 Å². The van der Waals surface area contributed by atoms with Gasteiger partial charge in [-0.2, -0.15) is 0 Å².